The monoisotopic (exact) mass is 244 g/mol. The minimum Gasteiger partial charge on any atom is -0.355 e. The predicted octanol–water partition coefficient (Wildman–Crippen LogP) is 1.94. The summed E-state index contributed by atoms with van der Waals surface area (Å²) in [6.07, 6.45) is 7.07. The zero-order valence-electron chi connectivity index (χ0n) is 11.0. The van der Waals surface area contributed by atoms with Gasteiger partial charge in [-0.25, -0.2) is 0 Å². The van der Waals surface area contributed by atoms with Crippen LogP contribution in [0.4, 0.5) is 0 Å². The molecule has 3 heteroatoms. The van der Waals surface area contributed by atoms with E-state index in [0.717, 1.165) is 24.9 Å². The van der Waals surface area contributed by atoms with Gasteiger partial charge < -0.3 is 10.6 Å². The summed E-state index contributed by atoms with van der Waals surface area (Å²) in [7, 11) is 1.63. The van der Waals surface area contributed by atoms with Gasteiger partial charge in [-0.05, 0) is 24.1 Å². The summed E-state index contributed by atoms with van der Waals surface area (Å²) in [5.41, 5.74) is 1.83. The lowest BCUT2D eigenvalue weighted by atomic mass is 10.1. The molecule has 1 amide bonds. The number of nitrogens with one attached hydrogen (secondary N) is 2. The number of carbonyl (C=O) groups excluding carboxylic acids is 1. The Balaban J connectivity index is 2.54. The molecule has 3 nitrogen and oxygen atoms in total. The van der Waals surface area contributed by atoms with Gasteiger partial charge in [-0.1, -0.05) is 19.1 Å². The summed E-state index contributed by atoms with van der Waals surface area (Å²) in [6, 6.07) is 7.93. The van der Waals surface area contributed by atoms with Gasteiger partial charge in [0, 0.05) is 31.6 Å². The van der Waals surface area contributed by atoms with Crippen molar-refractivity contribution in [2.24, 2.45) is 0 Å². The third-order valence-electron chi connectivity index (χ3n) is 2.90. The second kappa shape index (κ2) is 7.52. The summed E-state index contributed by atoms with van der Waals surface area (Å²) in [5.74, 6) is 2.61. The van der Waals surface area contributed by atoms with Gasteiger partial charge in [0.15, 0.2) is 0 Å². The Kier molecular flexibility index (Phi) is 5.96. The van der Waals surface area contributed by atoms with E-state index in [-0.39, 0.29) is 5.91 Å². The van der Waals surface area contributed by atoms with Gasteiger partial charge in [0.25, 0.3) is 5.91 Å². The Morgan fingerprint density at radius 2 is 2.06 bits per heavy atom. The van der Waals surface area contributed by atoms with E-state index < -0.39 is 0 Å². The van der Waals surface area contributed by atoms with Gasteiger partial charge in [0.2, 0.25) is 0 Å². The summed E-state index contributed by atoms with van der Waals surface area (Å²) < 4.78 is 0. The molecule has 1 aromatic carbocycles. The average molecular weight is 244 g/mol. The van der Waals surface area contributed by atoms with Crippen molar-refractivity contribution >= 4 is 5.91 Å². The molecule has 1 rings (SSSR count). The van der Waals surface area contributed by atoms with E-state index in [1.807, 2.05) is 24.3 Å². The van der Waals surface area contributed by atoms with Gasteiger partial charge in [-0.2, -0.15) is 0 Å². The molecule has 0 saturated carbocycles. The fraction of sp³-hybridized carbons (Fsp3) is 0.400. The molecule has 0 aliphatic heterocycles. The van der Waals surface area contributed by atoms with E-state index in [9.17, 15) is 4.79 Å². The fourth-order valence-corrected chi connectivity index (χ4v) is 1.68. The van der Waals surface area contributed by atoms with Crippen molar-refractivity contribution in [3.05, 3.63) is 35.4 Å². The van der Waals surface area contributed by atoms with Crippen molar-refractivity contribution in [3.8, 4) is 12.3 Å². The van der Waals surface area contributed by atoms with E-state index in [2.05, 4.69) is 23.5 Å². The van der Waals surface area contributed by atoms with Crippen LogP contribution in [0.15, 0.2) is 24.3 Å². The topological polar surface area (TPSA) is 41.1 Å². The first-order chi connectivity index (χ1) is 8.71. The number of hydrogen-bond donors (Lipinski definition) is 2. The molecule has 0 spiro atoms. The van der Waals surface area contributed by atoms with Crippen molar-refractivity contribution in [2.75, 3.05) is 7.05 Å². The van der Waals surface area contributed by atoms with E-state index in [1.165, 1.54) is 0 Å². The molecule has 0 radical (unpaired) electrons. The summed E-state index contributed by atoms with van der Waals surface area (Å²) >= 11 is 0. The van der Waals surface area contributed by atoms with Crippen LogP contribution in [0.2, 0.25) is 0 Å². The molecule has 0 bridgehead atoms. The molecule has 0 fully saturated rings. The Morgan fingerprint density at radius 3 is 2.56 bits per heavy atom. The molecule has 0 aliphatic carbocycles. The maximum atomic E-state index is 11.4. The number of rotatable bonds is 6. The molecule has 96 valence electrons. The summed E-state index contributed by atoms with van der Waals surface area (Å²) in [6.45, 7) is 2.89. The van der Waals surface area contributed by atoms with E-state index >= 15 is 0 Å². The van der Waals surface area contributed by atoms with E-state index in [1.54, 1.807) is 7.05 Å². The first-order valence-corrected chi connectivity index (χ1v) is 6.19. The highest BCUT2D eigenvalue weighted by molar-refractivity contribution is 5.93. The van der Waals surface area contributed by atoms with Crippen LogP contribution < -0.4 is 10.6 Å². The Bertz CT molecular complexity index is 417. The second-order valence-corrected chi connectivity index (χ2v) is 4.17. The van der Waals surface area contributed by atoms with E-state index in [0.29, 0.717) is 11.6 Å². The number of amides is 1. The van der Waals surface area contributed by atoms with Crippen molar-refractivity contribution in [3.63, 3.8) is 0 Å². The predicted molar refractivity (Wildman–Crippen MR) is 74.2 cm³/mol. The molecular formula is C15H20N2O. The number of carbonyl (C=O) groups is 1. The molecule has 1 atom stereocenters. The highest BCUT2D eigenvalue weighted by Crippen LogP contribution is 2.05. The molecule has 2 N–H and O–H groups in total. The van der Waals surface area contributed by atoms with E-state index in [4.69, 9.17) is 6.42 Å². The minimum absolute atomic E-state index is 0.0618. The number of benzene rings is 1. The SMILES string of the molecule is C#CCC(CC)NCc1ccc(C(=O)NC)cc1. The van der Waals surface area contributed by atoms with Gasteiger partial charge in [0.05, 0.1) is 0 Å². The van der Waals surface area contributed by atoms with Crippen molar-refractivity contribution in [1.29, 1.82) is 0 Å². The largest absolute Gasteiger partial charge is 0.355 e. The van der Waals surface area contributed by atoms with Crippen molar-refractivity contribution < 1.29 is 4.79 Å². The molecule has 0 heterocycles. The van der Waals surface area contributed by atoms with Crippen molar-refractivity contribution in [2.45, 2.75) is 32.4 Å². The highest BCUT2D eigenvalue weighted by Gasteiger charge is 2.05. The lowest BCUT2D eigenvalue weighted by Gasteiger charge is -2.14. The van der Waals surface area contributed by atoms with Crippen LogP contribution in [0.3, 0.4) is 0 Å². The Hall–Kier alpha value is -1.79. The second-order valence-electron chi connectivity index (χ2n) is 4.17. The zero-order chi connectivity index (χ0) is 13.4. The third kappa shape index (κ3) is 4.23. The molecule has 0 saturated heterocycles. The summed E-state index contributed by atoms with van der Waals surface area (Å²) in [5, 5.41) is 6.01. The van der Waals surface area contributed by atoms with Gasteiger partial charge in [-0.15, -0.1) is 12.3 Å². The average Bonchev–Trinajstić information content (AvgIpc) is 2.43. The molecule has 1 aromatic rings. The van der Waals surface area contributed by atoms with Gasteiger partial charge in [-0.3, -0.25) is 4.79 Å². The molecule has 0 aromatic heterocycles. The Morgan fingerprint density at radius 1 is 1.39 bits per heavy atom. The van der Waals surface area contributed by atoms with Crippen LogP contribution in [-0.2, 0) is 6.54 Å². The normalized spacial score (nSPS) is 11.6. The first-order valence-electron chi connectivity index (χ1n) is 6.19. The quantitative estimate of drug-likeness (QED) is 0.751. The number of hydrogen-bond acceptors (Lipinski definition) is 2. The molecule has 0 aliphatic rings. The molecular weight excluding hydrogens is 224 g/mol. The smallest absolute Gasteiger partial charge is 0.251 e. The van der Waals surface area contributed by atoms with Crippen molar-refractivity contribution in [1.82, 2.24) is 10.6 Å². The summed E-state index contributed by atoms with van der Waals surface area (Å²) in [4.78, 5) is 11.4. The number of terminal acetylenes is 1. The van der Waals surface area contributed by atoms with Gasteiger partial charge >= 0.3 is 0 Å². The highest BCUT2D eigenvalue weighted by atomic mass is 16.1. The lowest BCUT2D eigenvalue weighted by molar-refractivity contribution is 0.0963. The van der Waals surface area contributed by atoms with Crippen LogP contribution in [0.5, 0.6) is 0 Å². The molecule has 1 unspecified atom stereocenters. The van der Waals surface area contributed by atoms with Crippen LogP contribution in [0.25, 0.3) is 0 Å². The minimum atomic E-state index is -0.0618. The van der Waals surface area contributed by atoms with Crippen LogP contribution in [0.1, 0.15) is 35.7 Å². The fourth-order valence-electron chi connectivity index (χ4n) is 1.68. The zero-order valence-corrected chi connectivity index (χ0v) is 11.0. The molecule has 18 heavy (non-hydrogen) atoms. The maximum Gasteiger partial charge on any atom is 0.251 e. The van der Waals surface area contributed by atoms with Crippen LogP contribution in [-0.4, -0.2) is 19.0 Å². The standard InChI is InChI=1S/C15H20N2O/c1-4-6-14(5-2)17-11-12-7-9-13(10-8-12)15(18)16-3/h1,7-10,14,17H,5-6,11H2,2-3H3,(H,16,18). The maximum absolute atomic E-state index is 11.4. The van der Waals surface area contributed by atoms with Gasteiger partial charge in [0.1, 0.15) is 0 Å². The third-order valence-corrected chi connectivity index (χ3v) is 2.90. The first kappa shape index (κ1) is 14.3. The lowest BCUT2D eigenvalue weighted by Crippen LogP contribution is -2.27. The van der Waals surface area contributed by atoms with Crippen LogP contribution >= 0.6 is 0 Å². The Labute approximate surface area is 109 Å². The van der Waals surface area contributed by atoms with Crippen LogP contribution in [0, 0.1) is 12.3 Å².